The molecule has 2 heterocycles. The molecule has 2 amide bonds. The molecule has 0 bridgehead atoms. The van der Waals surface area contributed by atoms with E-state index in [0.717, 1.165) is 51.9 Å². The number of benzene rings is 1. The zero-order valence-electron chi connectivity index (χ0n) is 14.9. The van der Waals surface area contributed by atoms with E-state index < -0.39 is 6.10 Å². The first-order valence-corrected chi connectivity index (χ1v) is 9.83. The van der Waals surface area contributed by atoms with Crippen molar-refractivity contribution in [3.05, 3.63) is 29.3 Å². The van der Waals surface area contributed by atoms with Gasteiger partial charge in [-0.25, -0.2) is 0 Å². The number of aliphatic hydroxyl groups is 1. The highest BCUT2D eigenvalue weighted by molar-refractivity contribution is 6.18. The summed E-state index contributed by atoms with van der Waals surface area (Å²) in [6, 6.07) is 5.20. The molecule has 26 heavy (non-hydrogen) atoms. The minimum atomic E-state index is -0.688. The van der Waals surface area contributed by atoms with Gasteiger partial charge in [0, 0.05) is 49.5 Å². The van der Waals surface area contributed by atoms with Gasteiger partial charge >= 0.3 is 0 Å². The number of rotatable bonds is 6. The lowest BCUT2D eigenvalue weighted by molar-refractivity contribution is 0.0791. The molecule has 0 aliphatic carbocycles. The van der Waals surface area contributed by atoms with Crippen LogP contribution in [-0.2, 0) is 0 Å². The van der Waals surface area contributed by atoms with Crippen LogP contribution in [0.4, 0.5) is 5.69 Å². The van der Waals surface area contributed by atoms with Crippen LogP contribution in [0.3, 0.4) is 0 Å². The summed E-state index contributed by atoms with van der Waals surface area (Å²) >= 11 is 5.64. The molecule has 1 atom stereocenters. The maximum Gasteiger partial charge on any atom is 0.253 e. The van der Waals surface area contributed by atoms with Crippen molar-refractivity contribution in [2.75, 3.05) is 43.9 Å². The Balaban J connectivity index is 1.85. The number of carbonyl (C=O) groups excluding carboxylic acids is 2. The molecule has 0 aromatic heterocycles. The Bertz CT molecular complexity index is 609. The quantitative estimate of drug-likeness (QED) is 0.743. The predicted octanol–water partition coefficient (Wildman–Crippen LogP) is 2.17. The van der Waals surface area contributed by atoms with Crippen LogP contribution in [-0.4, -0.2) is 71.4 Å². The van der Waals surface area contributed by atoms with E-state index in [9.17, 15) is 14.7 Å². The Hall–Kier alpha value is -1.79. The number of nitrogens with one attached hydrogen (secondary N) is 1. The van der Waals surface area contributed by atoms with Gasteiger partial charge in [-0.05, 0) is 43.9 Å². The summed E-state index contributed by atoms with van der Waals surface area (Å²) < 4.78 is 0. The third kappa shape index (κ3) is 4.48. The van der Waals surface area contributed by atoms with Crippen LogP contribution >= 0.6 is 11.6 Å². The second-order valence-corrected chi connectivity index (χ2v) is 7.30. The highest BCUT2D eigenvalue weighted by atomic mass is 35.5. The summed E-state index contributed by atoms with van der Waals surface area (Å²) in [5.41, 5.74) is 1.68. The van der Waals surface area contributed by atoms with Gasteiger partial charge in [-0.2, -0.15) is 0 Å². The number of carbonyl (C=O) groups is 2. The Morgan fingerprint density at radius 1 is 0.962 bits per heavy atom. The molecule has 1 unspecified atom stereocenters. The number of hydrogen-bond acceptors (Lipinski definition) is 4. The van der Waals surface area contributed by atoms with Crippen LogP contribution in [0.15, 0.2) is 18.2 Å². The number of likely N-dealkylation sites (tertiary alicyclic amines) is 2. The van der Waals surface area contributed by atoms with Crippen molar-refractivity contribution in [1.29, 1.82) is 0 Å². The fourth-order valence-electron chi connectivity index (χ4n) is 3.47. The third-order valence-corrected chi connectivity index (χ3v) is 5.29. The summed E-state index contributed by atoms with van der Waals surface area (Å²) in [7, 11) is 0. The van der Waals surface area contributed by atoms with E-state index in [1.165, 1.54) is 0 Å². The second kappa shape index (κ2) is 8.73. The SMILES string of the molecule is O=C(c1cc(NCC(O)CCl)cc(C(=O)N2CCCC2)c1)N1CCCC1. The van der Waals surface area contributed by atoms with Crippen molar-refractivity contribution in [3.8, 4) is 0 Å². The highest BCUT2D eigenvalue weighted by Crippen LogP contribution is 2.22. The topological polar surface area (TPSA) is 72.9 Å². The van der Waals surface area contributed by atoms with E-state index in [4.69, 9.17) is 11.6 Å². The molecule has 2 aliphatic rings. The number of halogens is 1. The normalized spacial score (nSPS) is 18.2. The largest absolute Gasteiger partial charge is 0.390 e. The molecule has 0 spiro atoms. The van der Waals surface area contributed by atoms with Gasteiger partial charge in [0.2, 0.25) is 0 Å². The van der Waals surface area contributed by atoms with E-state index in [2.05, 4.69) is 5.32 Å². The molecule has 7 heteroatoms. The molecule has 2 aliphatic heterocycles. The fourth-order valence-corrected chi connectivity index (χ4v) is 3.58. The van der Waals surface area contributed by atoms with E-state index >= 15 is 0 Å². The third-order valence-electron chi connectivity index (χ3n) is 4.93. The zero-order chi connectivity index (χ0) is 18.5. The molecule has 2 N–H and O–H groups in total. The van der Waals surface area contributed by atoms with Crippen LogP contribution in [0.25, 0.3) is 0 Å². The standard InChI is InChI=1S/C19H26ClN3O3/c20-12-17(24)13-21-16-10-14(18(25)22-5-1-2-6-22)9-15(11-16)19(26)23-7-3-4-8-23/h9-11,17,21,24H,1-8,12-13H2. The molecule has 0 radical (unpaired) electrons. The first kappa shape index (κ1) is 19.0. The molecule has 2 saturated heterocycles. The van der Waals surface area contributed by atoms with Gasteiger partial charge in [0.15, 0.2) is 0 Å². The summed E-state index contributed by atoms with van der Waals surface area (Å²) in [5.74, 6) is 0.0397. The van der Waals surface area contributed by atoms with Crippen molar-refractivity contribution in [2.24, 2.45) is 0 Å². The first-order chi connectivity index (χ1) is 12.6. The van der Waals surface area contributed by atoms with Crippen LogP contribution < -0.4 is 5.32 Å². The molecule has 1 aromatic rings. The average molecular weight is 380 g/mol. The van der Waals surface area contributed by atoms with Gasteiger partial charge in [0.05, 0.1) is 12.0 Å². The maximum absolute atomic E-state index is 12.8. The van der Waals surface area contributed by atoms with Crippen LogP contribution in [0, 0.1) is 0 Å². The maximum atomic E-state index is 12.8. The van der Waals surface area contributed by atoms with E-state index in [1.54, 1.807) is 18.2 Å². The lowest BCUT2D eigenvalue weighted by atomic mass is 10.1. The molecule has 3 rings (SSSR count). The number of hydrogen-bond donors (Lipinski definition) is 2. The lowest BCUT2D eigenvalue weighted by Gasteiger charge is -2.20. The molecule has 1 aromatic carbocycles. The Morgan fingerprint density at radius 2 is 1.42 bits per heavy atom. The predicted molar refractivity (Wildman–Crippen MR) is 102 cm³/mol. The highest BCUT2D eigenvalue weighted by Gasteiger charge is 2.24. The fraction of sp³-hybridized carbons (Fsp3) is 0.579. The van der Waals surface area contributed by atoms with Crippen molar-refractivity contribution < 1.29 is 14.7 Å². The summed E-state index contributed by atoms with van der Waals surface area (Å²) in [5, 5.41) is 12.8. The summed E-state index contributed by atoms with van der Waals surface area (Å²) in [6.45, 7) is 3.31. The molecule has 6 nitrogen and oxygen atoms in total. The first-order valence-electron chi connectivity index (χ1n) is 9.30. The van der Waals surface area contributed by atoms with E-state index in [-0.39, 0.29) is 24.2 Å². The molecule has 0 saturated carbocycles. The van der Waals surface area contributed by atoms with Crippen molar-refractivity contribution in [2.45, 2.75) is 31.8 Å². The Kier molecular flexibility index (Phi) is 6.38. The Labute approximate surface area is 159 Å². The number of anilines is 1. The van der Waals surface area contributed by atoms with Gasteiger partial charge in [-0.3, -0.25) is 9.59 Å². The number of aliphatic hydroxyl groups excluding tert-OH is 1. The zero-order valence-corrected chi connectivity index (χ0v) is 15.7. The Morgan fingerprint density at radius 3 is 1.85 bits per heavy atom. The second-order valence-electron chi connectivity index (χ2n) is 6.99. The minimum Gasteiger partial charge on any atom is -0.390 e. The van der Waals surface area contributed by atoms with Crippen LogP contribution in [0.2, 0.25) is 0 Å². The molecule has 2 fully saturated rings. The summed E-state index contributed by atoms with van der Waals surface area (Å²) in [6.07, 6.45) is 3.39. The van der Waals surface area contributed by atoms with Gasteiger partial charge in [-0.1, -0.05) is 0 Å². The number of alkyl halides is 1. The van der Waals surface area contributed by atoms with E-state index in [0.29, 0.717) is 16.8 Å². The van der Waals surface area contributed by atoms with Gasteiger partial charge in [0.25, 0.3) is 11.8 Å². The van der Waals surface area contributed by atoms with Crippen molar-refractivity contribution >= 4 is 29.1 Å². The van der Waals surface area contributed by atoms with Crippen LogP contribution in [0.1, 0.15) is 46.4 Å². The monoisotopic (exact) mass is 379 g/mol. The average Bonchev–Trinajstić information content (AvgIpc) is 3.38. The number of nitrogens with zero attached hydrogens (tertiary/aromatic N) is 2. The van der Waals surface area contributed by atoms with E-state index in [1.807, 2.05) is 9.80 Å². The molecular formula is C19H26ClN3O3. The number of amides is 2. The smallest absolute Gasteiger partial charge is 0.253 e. The molecular weight excluding hydrogens is 354 g/mol. The van der Waals surface area contributed by atoms with Gasteiger partial charge in [0.1, 0.15) is 0 Å². The summed E-state index contributed by atoms with van der Waals surface area (Å²) in [4.78, 5) is 29.2. The lowest BCUT2D eigenvalue weighted by Crippen LogP contribution is -2.30. The van der Waals surface area contributed by atoms with Crippen molar-refractivity contribution in [1.82, 2.24) is 9.80 Å². The molecule has 142 valence electrons. The van der Waals surface area contributed by atoms with Crippen molar-refractivity contribution in [3.63, 3.8) is 0 Å². The van der Waals surface area contributed by atoms with Crippen LogP contribution in [0.5, 0.6) is 0 Å². The minimum absolute atomic E-state index is 0.0421. The van der Waals surface area contributed by atoms with Gasteiger partial charge in [-0.15, -0.1) is 11.6 Å². The van der Waals surface area contributed by atoms with Gasteiger partial charge < -0.3 is 20.2 Å².